The van der Waals surface area contributed by atoms with Gasteiger partial charge in [-0.2, -0.15) is 5.10 Å². The predicted octanol–water partition coefficient (Wildman–Crippen LogP) is 6.40. The molecule has 4 aromatic rings. The van der Waals surface area contributed by atoms with Gasteiger partial charge in [0, 0.05) is 72.4 Å². The van der Waals surface area contributed by atoms with Gasteiger partial charge in [0.15, 0.2) is 11.6 Å². The third-order valence-electron chi connectivity index (χ3n) is 8.25. The van der Waals surface area contributed by atoms with Crippen molar-refractivity contribution in [1.29, 1.82) is 0 Å². The van der Waals surface area contributed by atoms with E-state index < -0.39 is 11.9 Å². The molecule has 2 saturated heterocycles. The van der Waals surface area contributed by atoms with Crippen molar-refractivity contribution in [2.24, 2.45) is 0 Å². The first kappa shape index (κ1) is 30.8. The second-order valence-electron chi connectivity index (χ2n) is 11.3. The number of nitrogens with one attached hydrogen (secondary N) is 1. The summed E-state index contributed by atoms with van der Waals surface area (Å²) in [6.45, 7) is 4.76. The molecule has 3 amide bonds. The van der Waals surface area contributed by atoms with Gasteiger partial charge < -0.3 is 10.5 Å². The van der Waals surface area contributed by atoms with Crippen LogP contribution < -0.4 is 20.7 Å². The number of benzene rings is 2. The van der Waals surface area contributed by atoms with Crippen molar-refractivity contribution in [3.8, 4) is 16.9 Å². The Hall–Kier alpha value is -4.19. The lowest BCUT2D eigenvalue weighted by atomic mass is 10.0. The van der Waals surface area contributed by atoms with E-state index in [9.17, 15) is 14.0 Å². The van der Waals surface area contributed by atoms with Crippen LogP contribution in [0.5, 0.6) is 5.75 Å². The van der Waals surface area contributed by atoms with Gasteiger partial charge in [0.05, 0.1) is 17.3 Å². The number of piperidine rings is 1. The number of rotatable bonds is 8. The van der Waals surface area contributed by atoms with Gasteiger partial charge in [0.2, 0.25) is 5.91 Å². The molecule has 0 bridgehead atoms. The maximum atomic E-state index is 14.1. The van der Waals surface area contributed by atoms with Gasteiger partial charge in [0.1, 0.15) is 11.9 Å². The molecule has 0 aliphatic carbocycles. The summed E-state index contributed by atoms with van der Waals surface area (Å²) in [6.07, 6.45) is 6.99. The van der Waals surface area contributed by atoms with Gasteiger partial charge in [-0.1, -0.05) is 35.3 Å². The average molecular weight is 653 g/mol. The number of pyridine rings is 1. The fraction of sp³-hybridized carbons (Fsp3) is 0.312. The standard InChI is InChI=1S/C32H32Cl2FN7O3/c1-19(29-25(33)6-7-26(35)30(29)34)45-27-14-21(15-37-31(27)36)22-16-38-42(18-22)24-8-11-40(12-9-24)17-20-2-4-23(5-3-20)41-13-10-28(43)39-32(41)44/h2-7,14-16,18-19,24H,8-13,17H2,1H3,(H2,36,37)(H,39,43,44)/t19-/m1/s1. The third-order valence-corrected chi connectivity index (χ3v) is 8.96. The van der Waals surface area contributed by atoms with Crippen LogP contribution in [-0.2, 0) is 11.3 Å². The summed E-state index contributed by atoms with van der Waals surface area (Å²) >= 11 is 12.5. The smallest absolute Gasteiger partial charge is 0.328 e. The Kier molecular flexibility index (Phi) is 8.93. The summed E-state index contributed by atoms with van der Waals surface area (Å²) < 4.78 is 22.1. The van der Waals surface area contributed by atoms with E-state index in [1.165, 1.54) is 12.1 Å². The molecular weight excluding hydrogens is 620 g/mol. The minimum Gasteiger partial charge on any atom is -0.482 e. The topological polar surface area (TPSA) is 119 Å². The maximum absolute atomic E-state index is 14.1. The lowest BCUT2D eigenvalue weighted by Gasteiger charge is -2.32. The number of hydrogen-bond donors (Lipinski definition) is 2. The number of halogens is 3. The molecule has 10 nitrogen and oxygen atoms in total. The highest BCUT2D eigenvalue weighted by Gasteiger charge is 2.25. The van der Waals surface area contributed by atoms with Crippen molar-refractivity contribution < 1.29 is 18.7 Å². The first-order valence-electron chi connectivity index (χ1n) is 14.7. The summed E-state index contributed by atoms with van der Waals surface area (Å²) in [7, 11) is 0. The van der Waals surface area contributed by atoms with Crippen LogP contribution in [0, 0.1) is 5.82 Å². The summed E-state index contributed by atoms with van der Waals surface area (Å²) in [5.41, 5.74) is 10.0. The lowest BCUT2D eigenvalue weighted by Crippen LogP contribution is -2.49. The molecule has 0 saturated carbocycles. The lowest BCUT2D eigenvalue weighted by molar-refractivity contribution is -0.120. The molecule has 1 atom stereocenters. The molecule has 2 fully saturated rings. The molecule has 2 aromatic heterocycles. The van der Waals surface area contributed by atoms with Crippen molar-refractivity contribution in [1.82, 2.24) is 25.0 Å². The monoisotopic (exact) mass is 651 g/mol. The normalized spacial score (nSPS) is 16.9. The molecular formula is C32H32Cl2FN7O3. The number of imide groups is 1. The van der Waals surface area contributed by atoms with E-state index in [1.54, 1.807) is 30.3 Å². The largest absolute Gasteiger partial charge is 0.482 e. The van der Waals surface area contributed by atoms with Crippen molar-refractivity contribution in [2.45, 2.75) is 44.9 Å². The fourth-order valence-corrected chi connectivity index (χ4v) is 6.43. The molecule has 0 unspecified atom stereocenters. The summed E-state index contributed by atoms with van der Waals surface area (Å²) in [5.74, 6) is -0.296. The van der Waals surface area contributed by atoms with E-state index >= 15 is 0 Å². The molecule has 0 spiro atoms. The Morgan fingerprint density at radius 2 is 1.82 bits per heavy atom. The molecule has 13 heteroatoms. The molecule has 6 rings (SSSR count). The second kappa shape index (κ2) is 13.0. The number of amides is 3. The minimum atomic E-state index is -0.672. The van der Waals surface area contributed by atoms with E-state index in [1.807, 2.05) is 35.1 Å². The van der Waals surface area contributed by atoms with Gasteiger partial charge in [0.25, 0.3) is 0 Å². The van der Waals surface area contributed by atoms with E-state index in [0.29, 0.717) is 29.3 Å². The van der Waals surface area contributed by atoms with Crippen LogP contribution in [0.3, 0.4) is 0 Å². The highest BCUT2D eigenvalue weighted by molar-refractivity contribution is 6.36. The minimum absolute atomic E-state index is 0.0918. The van der Waals surface area contributed by atoms with E-state index in [0.717, 1.165) is 54.9 Å². The first-order chi connectivity index (χ1) is 21.7. The summed E-state index contributed by atoms with van der Waals surface area (Å²) in [5, 5.41) is 7.21. The molecule has 2 aliphatic heterocycles. The summed E-state index contributed by atoms with van der Waals surface area (Å²) in [4.78, 5) is 31.9. The number of nitrogens with zero attached hydrogens (tertiary/aromatic N) is 5. The van der Waals surface area contributed by atoms with Gasteiger partial charge in [-0.3, -0.25) is 24.6 Å². The van der Waals surface area contributed by atoms with Crippen LogP contribution in [0.2, 0.25) is 10.0 Å². The zero-order chi connectivity index (χ0) is 31.7. The van der Waals surface area contributed by atoms with Crippen molar-refractivity contribution in [3.63, 3.8) is 0 Å². The molecule has 2 aromatic carbocycles. The number of nitrogen functional groups attached to an aromatic ring is 1. The number of anilines is 2. The molecule has 45 heavy (non-hydrogen) atoms. The van der Waals surface area contributed by atoms with Gasteiger partial charge in [-0.05, 0) is 55.7 Å². The summed E-state index contributed by atoms with van der Waals surface area (Å²) in [6, 6.07) is 12.2. The number of carbonyl (C=O) groups excluding carboxylic acids is 2. The molecule has 0 radical (unpaired) electrons. The Morgan fingerprint density at radius 3 is 2.56 bits per heavy atom. The van der Waals surface area contributed by atoms with Crippen LogP contribution in [0.25, 0.3) is 11.1 Å². The number of carbonyl (C=O) groups is 2. The van der Waals surface area contributed by atoms with Crippen molar-refractivity contribution in [2.75, 3.05) is 30.3 Å². The highest BCUT2D eigenvalue weighted by atomic mass is 35.5. The van der Waals surface area contributed by atoms with Crippen LogP contribution >= 0.6 is 23.2 Å². The number of likely N-dealkylation sites (tertiary alicyclic amines) is 1. The maximum Gasteiger partial charge on any atom is 0.328 e. The Bertz CT molecular complexity index is 1720. The Balaban J connectivity index is 1.06. The van der Waals surface area contributed by atoms with E-state index in [2.05, 4.69) is 20.3 Å². The quantitative estimate of drug-likeness (QED) is 0.212. The van der Waals surface area contributed by atoms with Crippen LogP contribution in [0.4, 0.5) is 20.7 Å². The molecule has 234 valence electrons. The fourth-order valence-electron chi connectivity index (χ4n) is 5.75. The van der Waals surface area contributed by atoms with Gasteiger partial charge >= 0.3 is 6.03 Å². The Labute approximate surface area is 269 Å². The third kappa shape index (κ3) is 6.75. The first-order valence-corrected chi connectivity index (χ1v) is 15.4. The molecule has 2 aliphatic rings. The highest BCUT2D eigenvalue weighted by Crippen LogP contribution is 2.37. The number of urea groups is 1. The molecule has 3 N–H and O–H groups in total. The van der Waals surface area contributed by atoms with Crippen molar-refractivity contribution >= 4 is 46.6 Å². The number of hydrogen-bond acceptors (Lipinski definition) is 7. The second-order valence-corrected chi connectivity index (χ2v) is 12.0. The number of aromatic nitrogens is 3. The van der Waals surface area contributed by atoms with Crippen LogP contribution in [0.15, 0.2) is 61.1 Å². The van der Waals surface area contributed by atoms with Gasteiger partial charge in [-0.25, -0.2) is 14.2 Å². The van der Waals surface area contributed by atoms with E-state index in [-0.39, 0.29) is 28.8 Å². The van der Waals surface area contributed by atoms with Crippen LogP contribution in [0.1, 0.15) is 49.5 Å². The average Bonchev–Trinajstić information content (AvgIpc) is 3.52. The number of ether oxygens (including phenoxy) is 1. The zero-order valence-corrected chi connectivity index (χ0v) is 26.1. The van der Waals surface area contributed by atoms with Gasteiger partial charge in [-0.15, -0.1) is 0 Å². The molecule has 4 heterocycles. The number of nitrogens with two attached hydrogens (primary N) is 1. The zero-order valence-electron chi connectivity index (χ0n) is 24.6. The van der Waals surface area contributed by atoms with Crippen molar-refractivity contribution in [3.05, 3.63) is 88.0 Å². The Morgan fingerprint density at radius 1 is 1.07 bits per heavy atom. The SMILES string of the molecule is C[C@@H](Oc1cc(-c2cnn(C3CCN(Cc4ccc(N5CCC(=O)NC5=O)cc4)CC3)c2)cnc1N)c1c(Cl)ccc(F)c1Cl. The predicted molar refractivity (Wildman–Crippen MR) is 171 cm³/mol. The van der Waals surface area contributed by atoms with Crippen LogP contribution in [-0.4, -0.2) is 51.2 Å². The van der Waals surface area contributed by atoms with E-state index in [4.69, 9.17) is 33.7 Å².